The molecule has 0 bridgehead atoms. The Hall–Kier alpha value is -1.63. The zero-order valence-electron chi connectivity index (χ0n) is 12.3. The molecule has 1 saturated heterocycles. The molecule has 0 radical (unpaired) electrons. The predicted molar refractivity (Wildman–Crippen MR) is 89.4 cm³/mol. The topological polar surface area (TPSA) is 79.9 Å². The number of anilines is 1. The van der Waals surface area contributed by atoms with Crippen molar-refractivity contribution in [1.82, 2.24) is 15.2 Å². The van der Waals surface area contributed by atoms with Gasteiger partial charge in [0.25, 0.3) is 5.56 Å². The molecular formula is C15H16Cl2N4O2. The molecule has 23 heavy (non-hydrogen) atoms. The van der Waals surface area contributed by atoms with Crippen molar-refractivity contribution in [3.8, 4) is 0 Å². The molecule has 0 saturated carbocycles. The maximum absolute atomic E-state index is 12.1. The number of hydrogen-bond donors (Lipinski definition) is 2. The van der Waals surface area contributed by atoms with Crippen LogP contribution in [0.1, 0.15) is 24.1 Å². The normalized spacial score (nSPS) is 17.4. The Bertz CT molecular complexity index is 744. The quantitative estimate of drug-likeness (QED) is 0.862. The minimum atomic E-state index is -0.277. The molecule has 0 spiro atoms. The number of H-pyrrole nitrogens is 1. The molecular weight excluding hydrogens is 339 g/mol. The molecule has 1 aromatic heterocycles. The number of halogens is 2. The first-order chi connectivity index (χ1) is 11.1. The Balaban J connectivity index is 1.66. The number of aromatic nitrogens is 3. The van der Waals surface area contributed by atoms with E-state index in [1.807, 2.05) is 0 Å². The molecule has 0 amide bonds. The van der Waals surface area contributed by atoms with E-state index in [9.17, 15) is 4.79 Å². The van der Waals surface area contributed by atoms with Crippen LogP contribution in [-0.2, 0) is 11.2 Å². The highest BCUT2D eigenvalue weighted by molar-refractivity contribution is 6.42. The Morgan fingerprint density at radius 1 is 1.30 bits per heavy atom. The van der Waals surface area contributed by atoms with E-state index >= 15 is 0 Å². The standard InChI is InChI=1S/C15H16Cl2N4O2/c16-11-4-3-9(6-12(11)17)7-13-14(22)19-15(21-20-13)18-8-10-2-1-5-23-10/h3-4,6,10H,1-2,5,7-8H2,(H2,18,19,21,22)/t10-/m1/s1. The summed E-state index contributed by atoms with van der Waals surface area (Å²) in [5, 5.41) is 12.0. The monoisotopic (exact) mass is 354 g/mol. The Morgan fingerprint density at radius 3 is 2.87 bits per heavy atom. The number of benzene rings is 1. The van der Waals surface area contributed by atoms with Crippen molar-refractivity contribution in [2.45, 2.75) is 25.4 Å². The van der Waals surface area contributed by atoms with E-state index in [2.05, 4.69) is 20.5 Å². The van der Waals surface area contributed by atoms with Gasteiger partial charge < -0.3 is 10.1 Å². The fraction of sp³-hybridized carbons (Fsp3) is 0.400. The molecule has 6 nitrogen and oxygen atoms in total. The van der Waals surface area contributed by atoms with Crippen LogP contribution in [0.2, 0.25) is 10.0 Å². The van der Waals surface area contributed by atoms with E-state index in [1.54, 1.807) is 18.2 Å². The van der Waals surface area contributed by atoms with Crippen LogP contribution in [0.15, 0.2) is 23.0 Å². The van der Waals surface area contributed by atoms with Gasteiger partial charge in [0.15, 0.2) is 0 Å². The lowest BCUT2D eigenvalue weighted by atomic mass is 10.1. The van der Waals surface area contributed by atoms with E-state index in [4.69, 9.17) is 27.9 Å². The maximum Gasteiger partial charge on any atom is 0.274 e. The number of nitrogens with zero attached hydrogens (tertiary/aromatic N) is 2. The molecule has 1 aromatic carbocycles. The molecule has 1 fully saturated rings. The number of nitrogens with one attached hydrogen (secondary N) is 2. The van der Waals surface area contributed by atoms with Gasteiger partial charge in [-0.15, -0.1) is 10.2 Å². The number of ether oxygens (including phenoxy) is 1. The van der Waals surface area contributed by atoms with Gasteiger partial charge in [0.05, 0.1) is 16.1 Å². The van der Waals surface area contributed by atoms with E-state index in [-0.39, 0.29) is 11.7 Å². The third-order valence-corrected chi connectivity index (χ3v) is 4.38. The van der Waals surface area contributed by atoms with Crippen LogP contribution in [-0.4, -0.2) is 34.4 Å². The molecule has 0 aliphatic carbocycles. The second kappa shape index (κ2) is 7.29. The predicted octanol–water partition coefficient (Wildman–Crippen LogP) is 2.65. The zero-order chi connectivity index (χ0) is 16.2. The minimum Gasteiger partial charge on any atom is -0.376 e. The van der Waals surface area contributed by atoms with E-state index < -0.39 is 0 Å². The fourth-order valence-electron chi connectivity index (χ4n) is 2.41. The van der Waals surface area contributed by atoms with Crippen LogP contribution < -0.4 is 10.9 Å². The summed E-state index contributed by atoms with van der Waals surface area (Å²) in [4.78, 5) is 14.8. The van der Waals surface area contributed by atoms with Crippen molar-refractivity contribution < 1.29 is 4.74 Å². The molecule has 8 heteroatoms. The van der Waals surface area contributed by atoms with Crippen molar-refractivity contribution in [3.05, 3.63) is 49.9 Å². The summed E-state index contributed by atoms with van der Waals surface area (Å²) < 4.78 is 5.50. The highest BCUT2D eigenvalue weighted by Crippen LogP contribution is 2.23. The van der Waals surface area contributed by atoms with Crippen molar-refractivity contribution in [3.63, 3.8) is 0 Å². The minimum absolute atomic E-state index is 0.163. The van der Waals surface area contributed by atoms with Crippen molar-refractivity contribution in [2.75, 3.05) is 18.5 Å². The Morgan fingerprint density at radius 2 is 2.17 bits per heavy atom. The third-order valence-electron chi connectivity index (χ3n) is 3.64. The first-order valence-corrected chi connectivity index (χ1v) is 8.12. The lowest BCUT2D eigenvalue weighted by Gasteiger charge is -2.10. The van der Waals surface area contributed by atoms with Crippen LogP contribution in [0.4, 0.5) is 5.95 Å². The van der Waals surface area contributed by atoms with Gasteiger partial charge in [-0.25, -0.2) is 0 Å². The molecule has 1 atom stereocenters. The van der Waals surface area contributed by atoms with Crippen LogP contribution in [0.25, 0.3) is 0 Å². The summed E-state index contributed by atoms with van der Waals surface area (Å²) in [7, 11) is 0. The highest BCUT2D eigenvalue weighted by atomic mass is 35.5. The summed E-state index contributed by atoms with van der Waals surface area (Å²) in [6.45, 7) is 1.40. The smallest absolute Gasteiger partial charge is 0.274 e. The zero-order valence-corrected chi connectivity index (χ0v) is 13.8. The van der Waals surface area contributed by atoms with Crippen LogP contribution in [0.5, 0.6) is 0 Å². The van der Waals surface area contributed by atoms with Crippen molar-refractivity contribution in [1.29, 1.82) is 0 Å². The summed E-state index contributed by atoms with van der Waals surface area (Å²) in [5.74, 6) is 0.350. The SMILES string of the molecule is O=c1[nH]c(NC[C@H]2CCCO2)nnc1Cc1ccc(Cl)c(Cl)c1. The lowest BCUT2D eigenvalue weighted by molar-refractivity contribution is 0.120. The van der Waals surface area contributed by atoms with Gasteiger partial charge in [-0.1, -0.05) is 29.3 Å². The lowest BCUT2D eigenvalue weighted by Crippen LogP contribution is -2.24. The summed E-state index contributed by atoms with van der Waals surface area (Å²) in [6, 6.07) is 5.21. The van der Waals surface area contributed by atoms with Crippen LogP contribution >= 0.6 is 23.2 Å². The van der Waals surface area contributed by atoms with Crippen molar-refractivity contribution in [2.24, 2.45) is 0 Å². The average molecular weight is 355 g/mol. The Kier molecular flexibility index (Phi) is 5.15. The second-order valence-electron chi connectivity index (χ2n) is 5.39. The molecule has 0 unspecified atom stereocenters. The van der Waals surface area contributed by atoms with Gasteiger partial charge in [0.2, 0.25) is 5.95 Å². The molecule has 3 rings (SSSR count). The number of rotatable bonds is 5. The fourth-order valence-corrected chi connectivity index (χ4v) is 2.74. The molecule has 1 aliphatic heterocycles. The first kappa shape index (κ1) is 16.2. The Labute approximate surface area is 143 Å². The van der Waals surface area contributed by atoms with Gasteiger partial charge in [-0.3, -0.25) is 9.78 Å². The first-order valence-electron chi connectivity index (χ1n) is 7.37. The van der Waals surface area contributed by atoms with Crippen molar-refractivity contribution >= 4 is 29.2 Å². The van der Waals surface area contributed by atoms with E-state index in [0.29, 0.717) is 34.7 Å². The van der Waals surface area contributed by atoms with Gasteiger partial charge in [0.1, 0.15) is 5.69 Å². The molecule has 1 aliphatic rings. The highest BCUT2D eigenvalue weighted by Gasteiger charge is 2.15. The molecule has 122 valence electrons. The maximum atomic E-state index is 12.1. The van der Waals surface area contributed by atoms with Crippen LogP contribution in [0.3, 0.4) is 0 Å². The van der Waals surface area contributed by atoms with E-state index in [0.717, 1.165) is 25.0 Å². The molecule has 2 N–H and O–H groups in total. The number of hydrogen-bond acceptors (Lipinski definition) is 5. The van der Waals surface area contributed by atoms with E-state index in [1.165, 1.54) is 0 Å². The summed E-state index contributed by atoms with van der Waals surface area (Å²) in [5.41, 5.74) is 0.895. The number of aromatic amines is 1. The molecule has 2 aromatic rings. The molecule has 2 heterocycles. The third kappa shape index (κ3) is 4.22. The average Bonchev–Trinajstić information content (AvgIpc) is 3.05. The van der Waals surface area contributed by atoms with Crippen LogP contribution in [0, 0.1) is 0 Å². The summed E-state index contributed by atoms with van der Waals surface area (Å²) in [6.07, 6.45) is 2.58. The summed E-state index contributed by atoms with van der Waals surface area (Å²) >= 11 is 11.9. The van der Waals surface area contributed by atoms with Gasteiger partial charge in [-0.2, -0.15) is 0 Å². The largest absolute Gasteiger partial charge is 0.376 e. The van der Waals surface area contributed by atoms with Gasteiger partial charge in [0, 0.05) is 19.6 Å². The van der Waals surface area contributed by atoms with Gasteiger partial charge >= 0.3 is 0 Å². The second-order valence-corrected chi connectivity index (χ2v) is 6.20. The van der Waals surface area contributed by atoms with Gasteiger partial charge in [-0.05, 0) is 30.5 Å².